The van der Waals surface area contributed by atoms with Crippen molar-refractivity contribution in [3.63, 3.8) is 0 Å². The molecule has 0 aliphatic rings. The van der Waals surface area contributed by atoms with Crippen molar-refractivity contribution in [3.05, 3.63) is 64.8 Å². The van der Waals surface area contributed by atoms with Gasteiger partial charge in [0.1, 0.15) is 12.4 Å². The molecule has 0 unspecified atom stereocenters. The van der Waals surface area contributed by atoms with E-state index in [9.17, 15) is 0 Å². The summed E-state index contributed by atoms with van der Waals surface area (Å²) in [6, 6.07) is 16.6. The molecule has 0 aliphatic heterocycles. The molecule has 0 N–H and O–H groups in total. The number of benzene rings is 2. The van der Waals surface area contributed by atoms with Gasteiger partial charge in [0, 0.05) is 16.9 Å². The Morgan fingerprint density at radius 2 is 1.86 bits per heavy atom. The average Bonchev–Trinajstić information content (AvgIpc) is 2.86. The normalized spacial score (nSPS) is 11.3. The van der Waals surface area contributed by atoms with Gasteiger partial charge in [-0.15, -0.1) is 0 Å². The summed E-state index contributed by atoms with van der Waals surface area (Å²) in [7, 11) is 0. The Labute approximate surface area is 136 Å². The Bertz CT molecular complexity index is 804. The number of fused-ring (bicyclic) bond motifs is 1. The van der Waals surface area contributed by atoms with E-state index in [1.54, 1.807) is 0 Å². The Morgan fingerprint density at radius 3 is 2.59 bits per heavy atom. The van der Waals surface area contributed by atoms with Gasteiger partial charge in [0.15, 0.2) is 0 Å². The zero-order valence-electron chi connectivity index (χ0n) is 13.1. The van der Waals surface area contributed by atoms with Crippen LogP contribution in [0.25, 0.3) is 10.9 Å². The molecule has 22 heavy (non-hydrogen) atoms. The quantitative estimate of drug-likeness (QED) is 0.597. The van der Waals surface area contributed by atoms with Crippen LogP contribution in [0.2, 0.25) is 5.02 Å². The van der Waals surface area contributed by atoms with Gasteiger partial charge in [0.05, 0.1) is 10.7 Å². The van der Waals surface area contributed by atoms with Gasteiger partial charge < -0.3 is 9.30 Å². The molecule has 3 heteroatoms. The maximum Gasteiger partial charge on any atom is 0.138 e. The van der Waals surface area contributed by atoms with Gasteiger partial charge in [-0.05, 0) is 50.6 Å². The lowest BCUT2D eigenvalue weighted by atomic mass is 10.1. The number of aromatic nitrogens is 1. The summed E-state index contributed by atoms with van der Waals surface area (Å²) in [5.41, 5.74) is 3.71. The van der Waals surface area contributed by atoms with E-state index in [4.69, 9.17) is 16.3 Å². The summed E-state index contributed by atoms with van der Waals surface area (Å²) < 4.78 is 8.26. The number of nitrogens with zero attached hydrogens (tertiary/aromatic N) is 1. The van der Waals surface area contributed by atoms with Gasteiger partial charge in [-0.2, -0.15) is 0 Å². The molecule has 0 saturated heterocycles. The highest BCUT2D eigenvalue weighted by molar-refractivity contribution is 6.32. The number of ether oxygens (including phenoxy) is 1. The van der Waals surface area contributed by atoms with Gasteiger partial charge in [0.25, 0.3) is 0 Å². The van der Waals surface area contributed by atoms with Crippen LogP contribution in [0, 0.1) is 6.92 Å². The molecule has 0 radical (unpaired) electrons. The highest BCUT2D eigenvalue weighted by atomic mass is 35.5. The smallest absolute Gasteiger partial charge is 0.138 e. The third kappa shape index (κ3) is 2.71. The molecule has 1 aromatic heterocycles. The molecule has 0 aliphatic carbocycles. The minimum Gasteiger partial charge on any atom is -0.486 e. The molecule has 0 amide bonds. The van der Waals surface area contributed by atoms with Crippen molar-refractivity contribution >= 4 is 22.5 Å². The third-order valence-electron chi connectivity index (χ3n) is 3.91. The number of rotatable bonds is 4. The Morgan fingerprint density at radius 1 is 1.09 bits per heavy atom. The van der Waals surface area contributed by atoms with Crippen LogP contribution >= 0.6 is 11.6 Å². The molecule has 114 valence electrons. The first-order valence-corrected chi connectivity index (χ1v) is 7.92. The summed E-state index contributed by atoms with van der Waals surface area (Å²) >= 11 is 6.16. The molecule has 0 spiro atoms. The van der Waals surface area contributed by atoms with Gasteiger partial charge in [-0.25, -0.2) is 0 Å². The van der Waals surface area contributed by atoms with Crippen molar-refractivity contribution in [1.82, 2.24) is 4.57 Å². The monoisotopic (exact) mass is 313 g/mol. The van der Waals surface area contributed by atoms with Crippen LogP contribution in [0.15, 0.2) is 48.5 Å². The van der Waals surface area contributed by atoms with Crippen LogP contribution in [-0.4, -0.2) is 4.57 Å². The molecule has 3 aromatic rings. The van der Waals surface area contributed by atoms with E-state index in [2.05, 4.69) is 49.6 Å². The van der Waals surface area contributed by atoms with E-state index >= 15 is 0 Å². The summed E-state index contributed by atoms with van der Waals surface area (Å²) in [6.07, 6.45) is 0. The van der Waals surface area contributed by atoms with Crippen LogP contribution in [0.5, 0.6) is 5.75 Å². The fourth-order valence-electron chi connectivity index (χ4n) is 2.89. The predicted octanol–water partition coefficient (Wildman–Crippen LogP) is 5.76. The van der Waals surface area contributed by atoms with Crippen LogP contribution in [0.1, 0.15) is 31.1 Å². The minimum absolute atomic E-state index is 0.379. The number of hydrogen-bond acceptors (Lipinski definition) is 1. The predicted molar refractivity (Wildman–Crippen MR) is 92.8 cm³/mol. The summed E-state index contributed by atoms with van der Waals surface area (Å²) in [4.78, 5) is 0. The first kappa shape index (κ1) is 15.0. The first-order chi connectivity index (χ1) is 10.6. The zero-order chi connectivity index (χ0) is 15.7. The van der Waals surface area contributed by atoms with E-state index in [-0.39, 0.29) is 0 Å². The minimum atomic E-state index is 0.379. The molecule has 0 atom stereocenters. The largest absolute Gasteiger partial charge is 0.486 e. The lowest BCUT2D eigenvalue weighted by molar-refractivity contribution is 0.293. The highest BCUT2D eigenvalue weighted by Crippen LogP contribution is 2.29. The standard InChI is InChI=1S/C19H20ClNO/c1-13(2)21-15(11-16-14(3)7-6-9-18(16)21)12-22-19-10-5-4-8-17(19)20/h4-11,13H,12H2,1-3H3. The van der Waals surface area contributed by atoms with Crippen molar-refractivity contribution in [3.8, 4) is 5.75 Å². The average molecular weight is 314 g/mol. The molecule has 2 aromatic carbocycles. The fraction of sp³-hybridized carbons (Fsp3) is 0.263. The number of para-hydroxylation sites is 1. The summed E-state index contributed by atoms with van der Waals surface area (Å²) in [6.45, 7) is 7.04. The highest BCUT2D eigenvalue weighted by Gasteiger charge is 2.13. The Kier molecular flexibility index (Phi) is 4.12. The zero-order valence-corrected chi connectivity index (χ0v) is 13.9. The molecule has 1 heterocycles. The maximum absolute atomic E-state index is 6.16. The lowest BCUT2D eigenvalue weighted by Gasteiger charge is -2.15. The van der Waals surface area contributed by atoms with Crippen LogP contribution in [0.4, 0.5) is 0 Å². The topological polar surface area (TPSA) is 14.2 Å². The van der Waals surface area contributed by atoms with Crippen LogP contribution < -0.4 is 4.74 Å². The van der Waals surface area contributed by atoms with E-state index in [0.717, 1.165) is 5.75 Å². The molecule has 0 saturated carbocycles. The van der Waals surface area contributed by atoms with Crippen LogP contribution in [0.3, 0.4) is 0 Å². The van der Waals surface area contributed by atoms with Gasteiger partial charge in [-0.3, -0.25) is 0 Å². The van der Waals surface area contributed by atoms with E-state index in [1.165, 1.54) is 22.2 Å². The van der Waals surface area contributed by atoms with Gasteiger partial charge in [-0.1, -0.05) is 35.9 Å². The molecule has 3 rings (SSSR count). The second-order valence-electron chi connectivity index (χ2n) is 5.83. The second kappa shape index (κ2) is 6.05. The molecule has 2 nitrogen and oxygen atoms in total. The van der Waals surface area contributed by atoms with Crippen LogP contribution in [-0.2, 0) is 6.61 Å². The molecular weight excluding hydrogens is 294 g/mol. The van der Waals surface area contributed by atoms with Crippen molar-refractivity contribution in [2.75, 3.05) is 0 Å². The lowest BCUT2D eigenvalue weighted by Crippen LogP contribution is -2.08. The fourth-order valence-corrected chi connectivity index (χ4v) is 3.08. The molecular formula is C19H20ClNO. The molecule has 0 fully saturated rings. The molecule has 0 bridgehead atoms. The SMILES string of the molecule is Cc1cccc2c1cc(COc1ccccc1Cl)n2C(C)C. The Balaban J connectivity index is 1.98. The van der Waals surface area contributed by atoms with Gasteiger partial charge in [0.2, 0.25) is 0 Å². The Hall–Kier alpha value is -1.93. The van der Waals surface area contributed by atoms with Crippen molar-refractivity contribution in [1.29, 1.82) is 0 Å². The first-order valence-electron chi connectivity index (χ1n) is 7.54. The van der Waals surface area contributed by atoms with E-state index in [0.29, 0.717) is 17.7 Å². The van der Waals surface area contributed by atoms with Crippen molar-refractivity contribution in [2.24, 2.45) is 0 Å². The maximum atomic E-state index is 6.16. The number of halogens is 1. The second-order valence-corrected chi connectivity index (χ2v) is 6.23. The van der Waals surface area contributed by atoms with E-state index in [1.807, 2.05) is 24.3 Å². The summed E-state index contributed by atoms with van der Waals surface area (Å²) in [5.74, 6) is 0.724. The van der Waals surface area contributed by atoms with Gasteiger partial charge >= 0.3 is 0 Å². The summed E-state index contributed by atoms with van der Waals surface area (Å²) in [5, 5.41) is 1.93. The number of hydrogen-bond donors (Lipinski definition) is 0. The third-order valence-corrected chi connectivity index (χ3v) is 4.22. The van der Waals surface area contributed by atoms with Crippen molar-refractivity contribution < 1.29 is 4.74 Å². The van der Waals surface area contributed by atoms with Crippen molar-refractivity contribution in [2.45, 2.75) is 33.4 Å². The number of aryl methyl sites for hydroxylation is 1. The van der Waals surface area contributed by atoms with E-state index < -0.39 is 0 Å².